The van der Waals surface area contributed by atoms with E-state index in [9.17, 15) is 4.79 Å². The number of benzene rings is 1. The maximum atomic E-state index is 12.1. The number of carbonyl (C=O) groups excluding carboxylic acids is 1. The average Bonchev–Trinajstić information content (AvgIpc) is 3.03. The van der Waals surface area contributed by atoms with Crippen molar-refractivity contribution in [2.45, 2.75) is 6.54 Å². The molecule has 4 heteroatoms. The molecule has 1 fully saturated rings. The molecular weight excluding hydrogens is 252 g/mol. The van der Waals surface area contributed by atoms with Gasteiger partial charge in [0.2, 0.25) is 0 Å². The Hall–Kier alpha value is -2.07. The summed E-state index contributed by atoms with van der Waals surface area (Å²) in [6, 6.07) is 13.9. The van der Waals surface area contributed by atoms with Gasteiger partial charge in [-0.2, -0.15) is 0 Å². The zero-order valence-electron chi connectivity index (χ0n) is 11.4. The van der Waals surface area contributed by atoms with Gasteiger partial charge in [-0.3, -0.25) is 9.69 Å². The highest BCUT2D eigenvalue weighted by molar-refractivity contribution is 5.91. The summed E-state index contributed by atoms with van der Waals surface area (Å²) in [4.78, 5) is 16.4. The molecule has 1 aliphatic rings. The van der Waals surface area contributed by atoms with E-state index in [4.69, 9.17) is 4.42 Å². The Morgan fingerprint density at radius 3 is 2.40 bits per heavy atom. The molecule has 1 aromatic carbocycles. The number of hydrogen-bond acceptors (Lipinski definition) is 3. The summed E-state index contributed by atoms with van der Waals surface area (Å²) < 4.78 is 5.17. The molecule has 4 nitrogen and oxygen atoms in total. The number of carbonyl (C=O) groups is 1. The molecule has 0 spiro atoms. The fraction of sp³-hybridized carbons (Fsp3) is 0.312. The van der Waals surface area contributed by atoms with Crippen LogP contribution in [0.1, 0.15) is 16.1 Å². The van der Waals surface area contributed by atoms with Crippen molar-refractivity contribution >= 4 is 5.91 Å². The highest BCUT2D eigenvalue weighted by atomic mass is 16.3. The minimum Gasteiger partial charge on any atom is -0.459 e. The van der Waals surface area contributed by atoms with E-state index < -0.39 is 0 Å². The fourth-order valence-corrected chi connectivity index (χ4v) is 2.51. The first kappa shape index (κ1) is 12.9. The summed E-state index contributed by atoms with van der Waals surface area (Å²) in [5, 5.41) is 0. The molecular formula is C16H18N2O2. The second-order valence-electron chi connectivity index (χ2n) is 5.03. The Kier molecular flexibility index (Phi) is 3.83. The molecule has 1 aliphatic heterocycles. The van der Waals surface area contributed by atoms with Gasteiger partial charge in [0, 0.05) is 32.7 Å². The van der Waals surface area contributed by atoms with Gasteiger partial charge in [0.1, 0.15) is 0 Å². The summed E-state index contributed by atoms with van der Waals surface area (Å²) in [5.74, 6) is 0.427. The predicted molar refractivity (Wildman–Crippen MR) is 76.3 cm³/mol. The zero-order valence-corrected chi connectivity index (χ0v) is 11.4. The Bertz CT molecular complexity index is 543. The van der Waals surface area contributed by atoms with Crippen molar-refractivity contribution in [1.82, 2.24) is 9.80 Å². The van der Waals surface area contributed by atoms with Crippen LogP contribution in [0.15, 0.2) is 53.1 Å². The van der Waals surface area contributed by atoms with Crippen LogP contribution in [0.25, 0.3) is 0 Å². The van der Waals surface area contributed by atoms with Crippen LogP contribution in [0.5, 0.6) is 0 Å². The van der Waals surface area contributed by atoms with E-state index in [-0.39, 0.29) is 5.91 Å². The Balaban J connectivity index is 1.53. The summed E-state index contributed by atoms with van der Waals surface area (Å²) in [7, 11) is 0. The maximum absolute atomic E-state index is 12.1. The molecule has 0 radical (unpaired) electrons. The third-order valence-corrected chi connectivity index (χ3v) is 3.64. The predicted octanol–water partition coefficient (Wildman–Crippen LogP) is 2.24. The first-order valence-corrected chi connectivity index (χ1v) is 6.92. The molecule has 0 saturated carbocycles. The van der Waals surface area contributed by atoms with Crippen molar-refractivity contribution in [3.63, 3.8) is 0 Å². The Morgan fingerprint density at radius 2 is 1.75 bits per heavy atom. The van der Waals surface area contributed by atoms with Crippen molar-refractivity contribution in [2.75, 3.05) is 26.2 Å². The summed E-state index contributed by atoms with van der Waals surface area (Å²) in [5.41, 5.74) is 1.32. The van der Waals surface area contributed by atoms with Gasteiger partial charge in [-0.25, -0.2) is 0 Å². The molecule has 20 heavy (non-hydrogen) atoms. The van der Waals surface area contributed by atoms with Crippen LogP contribution in [0.4, 0.5) is 0 Å². The molecule has 1 amide bonds. The summed E-state index contributed by atoms with van der Waals surface area (Å²) in [6.45, 7) is 4.27. The largest absolute Gasteiger partial charge is 0.459 e. The van der Waals surface area contributed by atoms with Crippen molar-refractivity contribution < 1.29 is 9.21 Å². The van der Waals surface area contributed by atoms with Gasteiger partial charge in [0.05, 0.1) is 6.26 Å². The lowest BCUT2D eigenvalue weighted by Gasteiger charge is -2.34. The highest BCUT2D eigenvalue weighted by Crippen LogP contribution is 2.11. The smallest absolute Gasteiger partial charge is 0.289 e. The van der Waals surface area contributed by atoms with E-state index in [1.807, 2.05) is 11.0 Å². The van der Waals surface area contributed by atoms with Crippen LogP contribution in [0.3, 0.4) is 0 Å². The lowest BCUT2D eigenvalue weighted by molar-refractivity contribution is 0.0598. The molecule has 1 aromatic heterocycles. The van der Waals surface area contributed by atoms with Crippen molar-refractivity contribution in [3.05, 3.63) is 60.1 Å². The second-order valence-corrected chi connectivity index (χ2v) is 5.03. The van der Waals surface area contributed by atoms with Crippen LogP contribution in [0, 0.1) is 0 Å². The van der Waals surface area contributed by atoms with Crippen LogP contribution in [-0.4, -0.2) is 41.9 Å². The number of piperazine rings is 1. The van der Waals surface area contributed by atoms with Crippen LogP contribution < -0.4 is 0 Å². The second kappa shape index (κ2) is 5.92. The van der Waals surface area contributed by atoms with Gasteiger partial charge in [-0.05, 0) is 17.7 Å². The molecule has 2 aromatic rings. The van der Waals surface area contributed by atoms with E-state index in [1.54, 1.807) is 18.4 Å². The number of rotatable bonds is 3. The van der Waals surface area contributed by atoms with E-state index in [0.717, 1.165) is 32.7 Å². The van der Waals surface area contributed by atoms with E-state index in [2.05, 4.69) is 29.2 Å². The number of nitrogens with zero attached hydrogens (tertiary/aromatic N) is 2. The third kappa shape index (κ3) is 2.91. The first-order chi connectivity index (χ1) is 9.83. The first-order valence-electron chi connectivity index (χ1n) is 6.92. The molecule has 2 heterocycles. The van der Waals surface area contributed by atoms with Gasteiger partial charge < -0.3 is 9.32 Å². The van der Waals surface area contributed by atoms with Crippen molar-refractivity contribution in [2.24, 2.45) is 0 Å². The monoisotopic (exact) mass is 270 g/mol. The van der Waals surface area contributed by atoms with Crippen molar-refractivity contribution in [1.29, 1.82) is 0 Å². The number of furan rings is 1. The molecule has 0 bridgehead atoms. The zero-order chi connectivity index (χ0) is 13.8. The van der Waals surface area contributed by atoms with Gasteiger partial charge in [0.15, 0.2) is 5.76 Å². The maximum Gasteiger partial charge on any atom is 0.289 e. The Morgan fingerprint density at radius 1 is 1.00 bits per heavy atom. The van der Waals surface area contributed by atoms with Gasteiger partial charge in [-0.15, -0.1) is 0 Å². The number of hydrogen-bond donors (Lipinski definition) is 0. The molecule has 3 rings (SSSR count). The SMILES string of the molecule is O=C(c1ccco1)N1CCN(Cc2ccccc2)CC1. The fourth-order valence-electron chi connectivity index (χ4n) is 2.51. The van der Waals surface area contributed by atoms with E-state index >= 15 is 0 Å². The molecule has 0 aliphatic carbocycles. The summed E-state index contributed by atoms with van der Waals surface area (Å²) >= 11 is 0. The van der Waals surface area contributed by atoms with Crippen molar-refractivity contribution in [3.8, 4) is 0 Å². The number of amides is 1. The van der Waals surface area contributed by atoms with Crippen LogP contribution >= 0.6 is 0 Å². The standard InChI is InChI=1S/C16H18N2O2/c19-16(15-7-4-12-20-15)18-10-8-17(9-11-18)13-14-5-2-1-3-6-14/h1-7,12H,8-11,13H2. The van der Waals surface area contributed by atoms with E-state index in [1.165, 1.54) is 5.56 Å². The van der Waals surface area contributed by atoms with Gasteiger partial charge >= 0.3 is 0 Å². The Labute approximate surface area is 118 Å². The van der Waals surface area contributed by atoms with Gasteiger partial charge in [0.25, 0.3) is 5.91 Å². The third-order valence-electron chi connectivity index (χ3n) is 3.64. The molecule has 1 saturated heterocycles. The topological polar surface area (TPSA) is 36.7 Å². The lowest BCUT2D eigenvalue weighted by atomic mass is 10.2. The van der Waals surface area contributed by atoms with Crippen LogP contribution in [-0.2, 0) is 6.54 Å². The summed E-state index contributed by atoms with van der Waals surface area (Å²) in [6.07, 6.45) is 1.54. The minimum atomic E-state index is -0.00522. The van der Waals surface area contributed by atoms with Gasteiger partial charge in [-0.1, -0.05) is 30.3 Å². The average molecular weight is 270 g/mol. The normalized spacial score (nSPS) is 16.3. The molecule has 0 unspecified atom stereocenters. The molecule has 104 valence electrons. The van der Waals surface area contributed by atoms with E-state index in [0.29, 0.717) is 5.76 Å². The highest BCUT2D eigenvalue weighted by Gasteiger charge is 2.23. The lowest BCUT2D eigenvalue weighted by Crippen LogP contribution is -2.48. The quantitative estimate of drug-likeness (QED) is 0.858. The van der Waals surface area contributed by atoms with Crippen LogP contribution in [0.2, 0.25) is 0 Å². The molecule has 0 N–H and O–H groups in total. The minimum absolute atomic E-state index is 0.00522. The molecule has 0 atom stereocenters.